The lowest BCUT2D eigenvalue weighted by atomic mass is 10.1. The molecule has 0 atom stereocenters. The van der Waals surface area contributed by atoms with Gasteiger partial charge in [0.2, 0.25) is 0 Å². The summed E-state index contributed by atoms with van der Waals surface area (Å²) in [6.45, 7) is 10.2. The van der Waals surface area contributed by atoms with E-state index in [1.807, 2.05) is 40.0 Å². The fraction of sp³-hybridized carbons (Fsp3) is 0.385. The molecule has 0 amide bonds. The van der Waals surface area contributed by atoms with Crippen molar-refractivity contribution in [2.75, 3.05) is 0 Å². The maximum Gasteiger partial charge on any atom is 0.0453 e. The molecule has 1 nitrogen and oxygen atoms in total. The van der Waals surface area contributed by atoms with Gasteiger partial charge in [0.05, 0.1) is 0 Å². The van der Waals surface area contributed by atoms with Crippen molar-refractivity contribution >= 4 is 12.2 Å². The molecular weight excluding hydrogens is 170 g/mol. The van der Waals surface area contributed by atoms with Gasteiger partial charge < -0.3 is 4.98 Å². The van der Waals surface area contributed by atoms with Gasteiger partial charge in [-0.25, -0.2) is 0 Å². The molecule has 1 N–H and O–H groups in total. The zero-order valence-electron chi connectivity index (χ0n) is 9.89. The van der Waals surface area contributed by atoms with E-state index in [0.717, 1.165) is 0 Å². The summed E-state index contributed by atoms with van der Waals surface area (Å²) in [7, 11) is 0. The maximum absolute atomic E-state index is 3.22. The first-order valence-electron chi connectivity index (χ1n) is 5.23. The Morgan fingerprint density at radius 2 is 1.64 bits per heavy atom. The second kappa shape index (κ2) is 7.19. The quantitative estimate of drug-likeness (QED) is 0.712. The molecule has 78 valence electrons. The number of allylic oxidation sites excluding steroid dienone is 2. The van der Waals surface area contributed by atoms with Crippen molar-refractivity contribution in [3.63, 3.8) is 0 Å². The predicted octanol–water partition coefficient (Wildman–Crippen LogP) is 4.42. The molecule has 1 aromatic rings. The minimum absolute atomic E-state index is 1.19. The molecule has 0 bridgehead atoms. The smallest absolute Gasteiger partial charge is 0.0453 e. The van der Waals surface area contributed by atoms with Crippen molar-refractivity contribution in [1.82, 2.24) is 4.98 Å². The van der Waals surface area contributed by atoms with Crippen LogP contribution in [0.3, 0.4) is 0 Å². The van der Waals surface area contributed by atoms with Gasteiger partial charge in [-0.15, -0.1) is 0 Å². The summed E-state index contributed by atoms with van der Waals surface area (Å²) in [5.74, 6) is 0. The number of aromatic nitrogens is 1. The summed E-state index contributed by atoms with van der Waals surface area (Å²) in [6, 6.07) is 0. The van der Waals surface area contributed by atoms with Gasteiger partial charge in [-0.2, -0.15) is 0 Å². The zero-order valence-corrected chi connectivity index (χ0v) is 9.89. The maximum atomic E-state index is 3.22. The van der Waals surface area contributed by atoms with Crippen LogP contribution in [0, 0.1) is 6.92 Å². The zero-order chi connectivity index (χ0) is 11.0. The van der Waals surface area contributed by atoms with E-state index >= 15 is 0 Å². The molecule has 0 aromatic carbocycles. The highest BCUT2D eigenvalue weighted by Crippen LogP contribution is 2.16. The Morgan fingerprint density at radius 1 is 1.07 bits per heavy atom. The molecule has 0 aliphatic rings. The van der Waals surface area contributed by atoms with Gasteiger partial charge in [0, 0.05) is 17.5 Å². The van der Waals surface area contributed by atoms with E-state index in [4.69, 9.17) is 0 Å². The Hall–Kier alpha value is -1.24. The molecule has 1 heterocycles. The number of H-pyrrole nitrogens is 1. The van der Waals surface area contributed by atoms with Gasteiger partial charge in [0.25, 0.3) is 0 Å². The standard InChI is InChI=1S/C11H15N.C2H6/c1-4-6-10-9(3)8-12-11(10)7-5-2;1-2/h4-8,12H,1-3H3;1-2H3/b6-4-,7-5-;. The van der Waals surface area contributed by atoms with Crippen molar-refractivity contribution in [3.05, 3.63) is 35.2 Å². The highest BCUT2D eigenvalue weighted by Gasteiger charge is 2.00. The Bertz CT molecular complexity index is 303. The SMILES string of the molecule is C/C=C\c1[nH]cc(C)c1/C=C\C.CC. The van der Waals surface area contributed by atoms with Crippen LogP contribution in [-0.2, 0) is 0 Å². The van der Waals surface area contributed by atoms with Crippen molar-refractivity contribution in [3.8, 4) is 0 Å². The third kappa shape index (κ3) is 3.25. The van der Waals surface area contributed by atoms with E-state index in [1.165, 1.54) is 16.8 Å². The van der Waals surface area contributed by atoms with Gasteiger partial charge in [-0.05, 0) is 32.4 Å². The highest BCUT2D eigenvalue weighted by molar-refractivity contribution is 5.65. The topological polar surface area (TPSA) is 15.8 Å². The van der Waals surface area contributed by atoms with Crippen LogP contribution < -0.4 is 0 Å². The molecule has 0 fully saturated rings. The van der Waals surface area contributed by atoms with Crippen LogP contribution in [0.15, 0.2) is 18.3 Å². The summed E-state index contributed by atoms with van der Waals surface area (Å²) < 4.78 is 0. The van der Waals surface area contributed by atoms with Crippen LogP contribution in [-0.4, -0.2) is 4.98 Å². The number of aromatic amines is 1. The van der Waals surface area contributed by atoms with Crippen molar-refractivity contribution in [1.29, 1.82) is 0 Å². The minimum Gasteiger partial charge on any atom is -0.361 e. The lowest BCUT2D eigenvalue weighted by Crippen LogP contribution is -1.76. The van der Waals surface area contributed by atoms with Gasteiger partial charge in [0.1, 0.15) is 0 Å². The van der Waals surface area contributed by atoms with Crippen LogP contribution in [0.2, 0.25) is 0 Å². The number of rotatable bonds is 2. The number of aryl methyl sites for hydroxylation is 1. The Kier molecular flexibility index (Phi) is 6.55. The average molecular weight is 191 g/mol. The van der Waals surface area contributed by atoms with E-state index < -0.39 is 0 Å². The molecular formula is C13H21N. The Morgan fingerprint density at radius 3 is 2.14 bits per heavy atom. The highest BCUT2D eigenvalue weighted by atomic mass is 14.7. The van der Waals surface area contributed by atoms with Crippen molar-refractivity contribution in [2.45, 2.75) is 34.6 Å². The molecule has 0 saturated heterocycles. The Labute approximate surface area is 87.6 Å². The van der Waals surface area contributed by atoms with Gasteiger partial charge >= 0.3 is 0 Å². The molecule has 0 unspecified atom stereocenters. The normalized spacial score (nSPS) is 10.6. The summed E-state index contributed by atoms with van der Waals surface area (Å²) >= 11 is 0. The van der Waals surface area contributed by atoms with E-state index in [1.54, 1.807) is 0 Å². The minimum atomic E-state index is 1.19. The molecule has 1 rings (SSSR count). The molecule has 1 heteroatoms. The molecule has 0 aliphatic carbocycles. The lowest BCUT2D eigenvalue weighted by Gasteiger charge is -1.92. The largest absolute Gasteiger partial charge is 0.361 e. The van der Waals surface area contributed by atoms with Gasteiger partial charge in [-0.1, -0.05) is 32.1 Å². The van der Waals surface area contributed by atoms with Crippen LogP contribution >= 0.6 is 0 Å². The van der Waals surface area contributed by atoms with Gasteiger partial charge in [0.15, 0.2) is 0 Å². The Balaban J connectivity index is 0.000000791. The van der Waals surface area contributed by atoms with Gasteiger partial charge in [-0.3, -0.25) is 0 Å². The van der Waals surface area contributed by atoms with Crippen LogP contribution in [0.1, 0.15) is 44.5 Å². The summed E-state index contributed by atoms with van der Waals surface area (Å²) in [5, 5.41) is 0. The van der Waals surface area contributed by atoms with E-state index in [0.29, 0.717) is 0 Å². The van der Waals surface area contributed by atoms with Crippen LogP contribution in [0.4, 0.5) is 0 Å². The third-order valence-electron chi connectivity index (χ3n) is 1.83. The molecule has 0 radical (unpaired) electrons. The fourth-order valence-corrected chi connectivity index (χ4v) is 1.25. The molecule has 14 heavy (non-hydrogen) atoms. The monoisotopic (exact) mass is 191 g/mol. The molecule has 1 aromatic heterocycles. The van der Waals surface area contributed by atoms with Crippen LogP contribution in [0.5, 0.6) is 0 Å². The lowest BCUT2D eigenvalue weighted by molar-refractivity contribution is 1.36. The molecule has 0 aliphatic heterocycles. The van der Waals surface area contributed by atoms with Crippen molar-refractivity contribution < 1.29 is 0 Å². The third-order valence-corrected chi connectivity index (χ3v) is 1.83. The first-order chi connectivity index (χ1) is 6.79. The second-order valence-electron chi connectivity index (χ2n) is 2.80. The summed E-state index contributed by atoms with van der Waals surface area (Å²) in [4.78, 5) is 3.22. The van der Waals surface area contributed by atoms with Crippen molar-refractivity contribution in [2.24, 2.45) is 0 Å². The number of nitrogens with one attached hydrogen (secondary N) is 1. The first-order valence-corrected chi connectivity index (χ1v) is 5.23. The van der Waals surface area contributed by atoms with E-state index in [9.17, 15) is 0 Å². The number of hydrogen-bond donors (Lipinski definition) is 1. The first kappa shape index (κ1) is 12.8. The second-order valence-corrected chi connectivity index (χ2v) is 2.80. The summed E-state index contributed by atoms with van der Waals surface area (Å²) in [5.41, 5.74) is 3.77. The fourth-order valence-electron chi connectivity index (χ4n) is 1.25. The molecule has 0 spiro atoms. The summed E-state index contributed by atoms with van der Waals surface area (Å²) in [6.07, 6.45) is 10.3. The molecule has 0 saturated carbocycles. The van der Waals surface area contributed by atoms with E-state index in [2.05, 4.69) is 30.1 Å². The average Bonchev–Trinajstić information content (AvgIpc) is 2.54. The number of hydrogen-bond acceptors (Lipinski definition) is 0. The predicted molar refractivity (Wildman–Crippen MR) is 66.3 cm³/mol. The van der Waals surface area contributed by atoms with E-state index in [-0.39, 0.29) is 0 Å². The van der Waals surface area contributed by atoms with Crippen LogP contribution in [0.25, 0.3) is 12.2 Å².